The molecular weight excluding hydrogens is 160 g/mol. The summed E-state index contributed by atoms with van der Waals surface area (Å²) in [6, 6.07) is 1.84. The fraction of sp³-hybridized carbons (Fsp3) is 0. The molecule has 0 amide bonds. The molecular formula is C7H4N2OS. The van der Waals surface area contributed by atoms with Crippen molar-refractivity contribution in [3.8, 4) is 12.3 Å². The summed E-state index contributed by atoms with van der Waals surface area (Å²) in [5, 5.41) is 15.5. The Hall–Kier alpha value is -1.47. The molecule has 0 atom stereocenters. The zero-order valence-electron chi connectivity index (χ0n) is 5.48. The van der Waals surface area contributed by atoms with E-state index in [2.05, 4.69) is 11.0 Å². The normalized spacial score (nSPS) is 10.1. The number of hydrogen-bond acceptors (Lipinski definition) is 3. The number of thiophene rings is 1. The highest BCUT2D eigenvalue weighted by Gasteiger charge is 2.07. The van der Waals surface area contributed by atoms with Gasteiger partial charge < -0.3 is 5.21 Å². The second kappa shape index (κ2) is 2.01. The first-order valence-electron chi connectivity index (χ1n) is 2.95. The molecule has 11 heavy (non-hydrogen) atoms. The molecule has 1 N–H and O–H groups in total. The van der Waals surface area contributed by atoms with Crippen molar-refractivity contribution in [1.29, 1.82) is 0 Å². The van der Waals surface area contributed by atoms with Crippen LogP contribution in [-0.4, -0.2) is 15.2 Å². The Morgan fingerprint density at radius 1 is 1.73 bits per heavy atom. The van der Waals surface area contributed by atoms with Crippen LogP contribution in [-0.2, 0) is 0 Å². The zero-order valence-corrected chi connectivity index (χ0v) is 6.30. The molecule has 0 aliphatic heterocycles. The van der Waals surface area contributed by atoms with Crippen molar-refractivity contribution in [3.63, 3.8) is 0 Å². The van der Waals surface area contributed by atoms with Crippen LogP contribution in [0.4, 0.5) is 0 Å². The van der Waals surface area contributed by atoms with E-state index in [0.717, 1.165) is 10.2 Å². The van der Waals surface area contributed by atoms with Crippen LogP contribution in [0.25, 0.3) is 10.2 Å². The molecule has 0 saturated heterocycles. The van der Waals surface area contributed by atoms with Gasteiger partial charge in [-0.25, -0.2) is 0 Å². The van der Waals surface area contributed by atoms with Crippen LogP contribution in [0.3, 0.4) is 0 Å². The van der Waals surface area contributed by atoms with Gasteiger partial charge in [-0.2, -0.15) is 0 Å². The van der Waals surface area contributed by atoms with Gasteiger partial charge in [0.1, 0.15) is 5.69 Å². The van der Waals surface area contributed by atoms with Gasteiger partial charge in [-0.15, -0.1) is 22.9 Å². The molecule has 0 saturated carbocycles. The standard InChI is InChI=1S/C7H4N2OS/c1-2-6-5-3-4-11-7(5)9(10)8-6/h1,3-4,10H. The summed E-state index contributed by atoms with van der Waals surface area (Å²) in [6.45, 7) is 0. The molecule has 0 unspecified atom stereocenters. The van der Waals surface area contributed by atoms with Crippen molar-refractivity contribution in [1.82, 2.24) is 9.94 Å². The third-order valence-electron chi connectivity index (χ3n) is 1.41. The Bertz CT molecular complexity index is 435. The maximum Gasteiger partial charge on any atom is 0.164 e. The van der Waals surface area contributed by atoms with Crippen molar-refractivity contribution in [2.75, 3.05) is 0 Å². The summed E-state index contributed by atoms with van der Waals surface area (Å²) < 4.78 is 0. The van der Waals surface area contributed by atoms with Gasteiger partial charge in [0, 0.05) is 0 Å². The van der Waals surface area contributed by atoms with E-state index in [1.54, 1.807) is 0 Å². The van der Waals surface area contributed by atoms with Gasteiger partial charge in [0.15, 0.2) is 4.83 Å². The molecule has 0 aliphatic rings. The number of fused-ring (bicyclic) bond motifs is 1. The Morgan fingerprint density at radius 2 is 2.55 bits per heavy atom. The Kier molecular flexibility index (Phi) is 1.14. The van der Waals surface area contributed by atoms with E-state index in [1.807, 2.05) is 11.4 Å². The van der Waals surface area contributed by atoms with E-state index in [0.29, 0.717) is 10.5 Å². The van der Waals surface area contributed by atoms with Crippen molar-refractivity contribution in [3.05, 3.63) is 17.1 Å². The topological polar surface area (TPSA) is 38.0 Å². The summed E-state index contributed by atoms with van der Waals surface area (Å²) in [5.41, 5.74) is 0.490. The van der Waals surface area contributed by atoms with Crippen molar-refractivity contribution < 1.29 is 5.21 Å². The average molecular weight is 164 g/mol. The Balaban J connectivity index is 2.94. The van der Waals surface area contributed by atoms with E-state index < -0.39 is 0 Å². The molecule has 0 fully saturated rings. The summed E-state index contributed by atoms with van der Waals surface area (Å²) >= 11 is 1.41. The molecule has 3 nitrogen and oxygen atoms in total. The minimum absolute atomic E-state index is 0.490. The minimum atomic E-state index is 0.490. The van der Waals surface area contributed by atoms with Crippen LogP contribution in [0.1, 0.15) is 5.69 Å². The van der Waals surface area contributed by atoms with E-state index >= 15 is 0 Å². The van der Waals surface area contributed by atoms with E-state index in [-0.39, 0.29) is 0 Å². The molecule has 0 bridgehead atoms. The lowest BCUT2D eigenvalue weighted by Crippen LogP contribution is -1.90. The highest BCUT2D eigenvalue weighted by Crippen LogP contribution is 2.22. The summed E-state index contributed by atoms with van der Waals surface area (Å²) in [7, 11) is 0. The first-order valence-corrected chi connectivity index (χ1v) is 3.83. The third kappa shape index (κ3) is 0.717. The highest BCUT2D eigenvalue weighted by molar-refractivity contribution is 7.16. The summed E-state index contributed by atoms with van der Waals surface area (Å²) in [6.07, 6.45) is 5.16. The van der Waals surface area contributed by atoms with Crippen LogP contribution in [0.5, 0.6) is 0 Å². The zero-order chi connectivity index (χ0) is 7.84. The number of hydrogen-bond donors (Lipinski definition) is 1. The number of rotatable bonds is 0. The lowest BCUT2D eigenvalue weighted by atomic mass is 10.3. The summed E-state index contributed by atoms with van der Waals surface area (Å²) in [5.74, 6) is 2.39. The van der Waals surface area contributed by atoms with Crippen molar-refractivity contribution >= 4 is 21.6 Å². The van der Waals surface area contributed by atoms with E-state index in [9.17, 15) is 0 Å². The van der Waals surface area contributed by atoms with Gasteiger partial charge in [0.25, 0.3) is 0 Å². The Morgan fingerprint density at radius 3 is 3.27 bits per heavy atom. The van der Waals surface area contributed by atoms with Gasteiger partial charge in [0.2, 0.25) is 0 Å². The Labute approximate surface area is 66.8 Å². The number of nitrogens with zero attached hydrogens (tertiary/aromatic N) is 2. The van der Waals surface area contributed by atoms with Gasteiger partial charge >= 0.3 is 0 Å². The molecule has 2 rings (SSSR count). The maximum atomic E-state index is 9.13. The lowest BCUT2D eigenvalue weighted by Gasteiger charge is -1.82. The highest BCUT2D eigenvalue weighted by atomic mass is 32.1. The second-order valence-electron chi connectivity index (χ2n) is 2.02. The monoisotopic (exact) mass is 164 g/mol. The largest absolute Gasteiger partial charge is 0.411 e. The maximum absolute atomic E-state index is 9.13. The molecule has 0 radical (unpaired) electrons. The quantitative estimate of drug-likeness (QED) is 0.471. The van der Waals surface area contributed by atoms with E-state index in [1.165, 1.54) is 11.3 Å². The molecule has 2 heterocycles. The first-order chi connectivity index (χ1) is 5.33. The van der Waals surface area contributed by atoms with Crippen molar-refractivity contribution in [2.24, 2.45) is 0 Å². The minimum Gasteiger partial charge on any atom is -0.411 e. The molecule has 4 heteroatoms. The van der Waals surface area contributed by atoms with Crippen LogP contribution in [0.15, 0.2) is 11.4 Å². The molecule has 2 aromatic heterocycles. The predicted molar refractivity (Wildman–Crippen MR) is 42.7 cm³/mol. The smallest absolute Gasteiger partial charge is 0.164 e. The SMILES string of the molecule is C#Cc1nn(O)c2sccc12. The molecule has 2 aromatic rings. The van der Waals surface area contributed by atoms with Gasteiger partial charge in [-0.05, 0) is 17.4 Å². The molecule has 0 spiro atoms. The fourth-order valence-electron chi connectivity index (χ4n) is 0.937. The van der Waals surface area contributed by atoms with Gasteiger partial charge in [-0.3, -0.25) is 0 Å². The van der Waals surface area contributed by atoms with Crippen molar-refractivity contribution in [2.45, 2.75) is 0 Å². The second-order valence-corrected chi connectivity index (χ2v) is 2.92. The van der Waals surface area contributed by atoms with Crippen LogP contribution in [0.2, 0.25) is 0 Å². The molecule has 54 valence electrons. The third-order valence-corrected chi connectivity index (χ3v) is 2.29. The average Bonchev–Trinajstić information content (AvgIpc) is 2.54. The number of terminal acetylenes is 1. The molecule has 0 aromatic carbocycles. The van der Waals surface area contributed by atoms with E-state index in [4.69, 9.17) is 11.6 Å². The summed E-state index contributed by atoms with van der Waals surface area (Å²) in [4.78, 5) is 1.51. The molecule has 0 aliphatic carbocycles. The number of aromatic nitrogens is 2. The first kappa shape index (κ1) is 6.25. The lowest BCUT2D eigenvalue weighted by molar-refractivity contribution is 0.162. The van der Waals surface area contributed by atoms with Crippen LogP contribution in [0, 0.1) is 12.3 Å². The van der Waals surface area contributed by atoms with Crippen LogP contribution < -0.4 is 0 Å². The van der Waals surface area contributed by atoms with Crippen LogP contribution >= 0.6 is 11.3 Å². The predicted octanol–water partition coefficient (Wildman–Crippen LogP) is 1.32. The van der Waals surface area contributed by atoms with Gasteiger partial charge in [-0.1, -0.05) is 4.85 Å². The van der Waals surface area contributed by atoms with Gasteiger partial charge in [0.05, 0.1) is 5.39 Å². The fourth-order valence-corrected chi connectivity index (χ4v) is 1.70.